The van der Waals surface area contributed by atoms with Gasteiger partial charge in [-0.2, -0.15) is 4.57 Å². The SMILES string of the molecule is CC(Cc1ccccc1)NC(=O)OC[n+]1ccc(C(=O)N(C)CC(=O)O)cc1. The maximum atomic E-state index is 12.1. The first-order valence-corrected chi connectivity index (χ1v) is 8.78. The van der Waals surface area contributed by atoms with Gasteiger partial charge in [-0.1, -0.05) is 30.3 Å². The van der Waals surface area contributed by atoms with Crippen molar-refractivity contribution >= 4 is 18.0 Å². The molecule has 28 heavy (non-hydrogen) atoms. The summed E-state index contributed by atoms with van der Waals surface area (Å²) in [5.41, 5.74) is 1.47. The zero-order valence-electron chi connectivity index (χ0n) is 15.9. The average Bonchev–Trinajstić information content (AvgIpc) is 2.66. The van der Waals surface area contributed by atoms with Gasteiger partial charge in [-0.3, -0.25) is 9.59 Å². The van der Waals surface area contributed by atoms with E-state index >= 15 is 0 Å². The average molecular weight is 386 g/mol. The van der Waals surface area contributed by atoms with Gasteiger partial charge in [0, 0.05) is 25.2 Å². The second-order valence-corrected chi connectivity index (χ2v) is 6.45. The standard InChI is InChI=1S/C20H23N3O5/c1-15(12-16-6-4-3-5-7-16)21-20(27)28-14-23-10-8-17(9-11-23)19(26)22(2)13-18(24)25/h3-11,15H,12-14H2,1-2H3,(H-,21,24,25,27)/p+1. The predicted octanol–water partition coefficient (Wildman–Crippen LogP) is 1.45. The van der Waals surface area contributed by atoms with Gasteiger partial charge in [0.2, 0.25) is 0 Å². The lowest BCUT2D eigenvalue weighted by atomic mass is 10.1. The molecule has 0 saturated carbocycles. The monoisotopic (exact) mass is 386 g/mol. The molecule has 2 rings (SSSR count). The van der Waals surface area contributed by atoms with Crippen molar-refractivity contribution < 1.29 is 28.8 Å². The Bertz CT molecular complexity index is 808. The minimum absolute atomic E-state index is 0.0106. The van der Waals surface area contributed by atoms with Gasteiger partial charge in [-0.05, 0) is 18.9 Å². The van der Waals surface area contributed by atoms with Crippen molar-refractivity contribution in [2.75, 3.05) is 13.6 Å². The highest BCUT2D eigenvalue weighted by atomic mass is 16.6. The molecular formula is C20H24N3O5+. The van der Waals surface area contributed by atoms with Crippen LogP contribution in [0.15, 0.2) is 54.9 Å². The van der Waals surface area contributed by atoms with E-state index in [1.807, 2.05) is 37.3 Å². The van der Waals surface area contributed by atoms with Crippen LogP contribution < -0.4 is 9.88 Å². The highest BCUT2D eigenvalue weighted by Gasteiger charge is 2.16. The van der Waals surface area contributed by atoms with Crippen molar-refractivity contribution in [1.82, 2.24) is 10.2 Å². The van der Waals surface area contributed by atoms with E-state index in [9.17, 15) is 14.4 Å². The van der Waals surface area contributed by atoms with Crippen LogP contribution in [0.3, 0.4) is 0 Å². The van der Waals surface area contributed by atoms with E-state index in [1.165, 1.54) is 7.05 Å². The highest BCUT2D eigenvalue weighted by Crippen LogP contribution is 2.03. The number of pyridine rings is 1. The molecule has 2 amide bonds. The fourth-order valence-electron chi connectivity index (χ4n) is 2.58. The summed E-state index contributed by atoms with van der Waals surface area (Å²) in [6.45, 7) is 1.51. The van der Waals surface area contributed by atoms with Crippen molar-refractivity contribution in [3.05, 3.63) is 66.0 Å². The Balaban J connectivity index is 1.80. The number of alkyl carbamates (subject to hydrolysis) is 1. The van der Waals surface area contributed by atoms with Gasteiger partial charge < -0.3 is 20.1 Å². The summed E-state index contributed by atoms with van der Waals surface area (Å²) in [4.78, 5) is 35.8. The van der Waals surface area contributed by atoms with E-state index in [0.717, 1.165) is 10.5 Å². The summed E-state index contributed by atoms with van der Waals surface area (Å²) in [5, 5.41) is 11.5. The van der Waals surface area contributed by atoms with Gasteiger partial charge in [0.05, 0.1) is 5.56 Å². The number of aliphatic carboxylic acids is 1. The van der Waals surface area contributed by atoms with Crippen molar-refractivity contribution in [2.24, 2.45) is 0 Å². The minimum Gasteiger partial charge on any atom is -0.480 e. The van der Waals surface area contributed by atoms with E-state index in [4.69, 9.17) is 9.84 Å². The predicted molar refractivity (Wildman–Crippen MR) is 100 cm³/mol. The summed E-state index contributed by atoms with van der Waals surface area (Å²) in [7, 11) is 1.42. The highest BCUT2D eigenvalue weighted by molar-refractivity contribution is 5.95. The second kappa shape index (κ2) is 10.1. The number of carboxylic acids is 1. The normalized spacial score (nSPS) is 11.4. The second-order valence-electron chi connectivity index (χ2n) is 6.45. The van der Waals surface area contributed by atoms with Gasteiger partial charge in [0.1, 0.15) is 6.54 Å². The molecule has 0 saturated heterocycles. The topological polar surface area (TPSA) is 99.8 Å². The molecule has 8 nitrogen and oxygen atoms in total. The molecule has 148 valence electrons. The number of benzene rings is 1. The van der Waals surface area contributed by atoms with Crippen molar-refractivity contribution in [2.45, 2.75) is 26.1 Å². The van der Waals surface area contributed by atoms with E-state index < -0.39 is 18.0 Å². The maximum Gasteiger partial charge on any atom is 0.412 e. The van der Waals surface area contributed by atoms with Crippen LogP contribution >= 0.6 is 0 Å². The summed E-state index contributed by atoms with van der Waals surface area (Å²) in [6.07, 6.45) is 3.34. The number of carboxylic acid groups (broad SMARTS) is 1. The molecule has 0 aliphatic rings. The fourth-order valence-corrected chi connectivity index (χ4v) is 2.58. The summed E-state index contributed by atoms with van der Waals surface area (Å²) in [6, 6.07) is 12.8. The van der Waals surface area contributed by atoms with Crippen molar-refractivity contribution in [1.29, 1.82) is 0 Å². The number of likely N-dealkylation sites (N-methyl/N-ethyl adjacent to an activating group) is 1. The lowest BCUT2D eigenvalue weighted by Gasteiger charge is -2.14. The van der Waals surface area contributed by atoms with Gasteiger partial charge in [-0.25, -0.2) is 4.79 Å². The third-order valence-electron chi connectivity index (χ3n) is 3.95. The Morgan fingerprint density at radius 1 is 1.14 bits per heavy atom. The van der Waals surface area contributed by atoms with Crippen LogP contribution in [0.5, 0.6) is 0 Å². The summed E-state index contributed by atoms with van der Waals surface area (Å²) < 4.78 is 6.77. The van der Waals surface area contributed by atoms with Gasteiger partial charge in [-0.15, -0.1) is 0 Å². The van der Waals surface area contributed by atoms with E-state index in [0.29, 0.717) is 12.0 Å². The van der Waals surface area contributed by atoms with E-state index in [-0.39, 0.29) is 19.3 Å². The first-order valence-electron chi connectivity index (χ1n) is 8.78. The zero-order valence-corrected chi connectivity index (χ0v) is 15.9. The third-order valence-corrected chi connectivity index (χ3v) is 3.95. The van der Waals surface area contributed by atoms with Crippen LogP contribution in [0.25, 0.3) is 0 Å². The molecule has 0 bridgehead atoms. The number of ether oxygens (including phenoxy) is 1. The number of nitrogens with one attached hydrogen (secondary N) is 1. The largest absolute Gasteiger partial charge is 0.480 e. The molecule has 1 heterocycles. The fraction of sp³-hybridized carbons (Fsp3) is 0.300. The van der Waals surface area contributed by atoms with Gasteiger partial charge in [0.25, 0.3) is 12.6 Å². The quantitative estimate of drug-likeness (QED) is 0.669. The number of hydrogen-bond acceptors (Lipinski definition) is 4. The molecule has 1 aromatic carbocycles. The van der Waals surface area contributed by atoms with Crippen molar-refractivity contribution in [3.8, 4) is 0 Å². The lowest BCUT2D eigenvalue weighted by molar-refractivity contribution is -0.727. The van der Waals surface area contributed by atoms with E-state index in [2.05, 4.69) is 5.32 Å². The van der Waals surface area contributed by atoms with E-state index in [1.54, 1.807) is 29.1 Å². The van der Waals surface area contributed by atoms with Crippen LogP contribution in [0.1, 0.15) is 22.8 Å². The van der Waals surface area contributed by atoms with Gasteiger partial charge in [0.15, 0.2) is 12.4 Å². The maximum absolute atomic E-state index is 12.1. The van der Waals surface area contributed by atoms with Crippen LogP contribution in [-0.2, 0) is 22.7 Å². The molecule has 1 aromatic heterocycles. The zero-order chi connectivity index (χ0) is 20.5. The Hall–Kier alpha value is -3.42. The van der Waals surface area contributed by atoms with Crippen molar-refractivity contribution in [3.63, 3.8) is 0 Å². The molecule has 0 radical (unpaired) electrons. The third kappa shape index (κ3) is 6.71. The Kier molecular flexibility index (Phi) is 7.50. The molecule has 0 fully saturated rings. The lowest BCUT2D eigenvalue weighted by Crippen LogP contribution is -2.41. The molecular weight excluding hydrogens is 362 g/mol. The molecule has 1 atom stereocenters. The first kappa shape index (κ1) is 20.9. The summed E-state index contributed by atoms with van der Waals surface area (Å²) in [5.74, 6) is -1.48. The number of rotatable bonds is 8. The minimum atomic E-state index is -1.08. The van der Waals surface area contributed by atoms with Crippen LogP contribution in [0.4, 0.5) is 4.79 Å². The number of nitrogens with zero attached hydrogens (tertiary/aromatic N) is 2. The number of amides is 2. The Morgan fingerprint density at radius 2 is 1.79 bits per heavy atom. The molecule has 8 heteroatoms. The molecule has 2 N–H and O–H groups in total. The van der Waals surface area contributed by atoms with Crippen LogP contribution in [0.2, 0.25) is 0 Å². The Labute approximate surface area is 163 Å². The summed E-state index contributed by atoms with van der Waals surface area (Å²) >= 11 is 0. The van der Waals surface area contributed by atoms with Crippen LogP contribution in [0, 0.1) is 0 Å². The number of carbonyl (C=O) groups is 3. The Morgan fingerprint density at radius 3 is 2.39 bits per heavy atom. The van der Waals surface area contributed by atoms with Gasteiger partial charge >= 0.3 is 12.1 Å². The smallest absolute Gasteiger partial charge is 0.412 e. The molecule has 1 unspecified atom stereocenters. The molecule has 2 aromatic rings. The molecule has 0 aliphatic heterocycles. The molecule has 0 aliphatic carbocycles. The number of carbonyl (C=O) groups excluding carboxylic acids is 2. The first-order chi connectivity index (χ1) is 13.3. The molecule has 0 spiro atoms. The van der Waals surface area contributed by atoms with Crippen LogP contribution in [-0.4, -0.2) is 47.6 Å². The number of aromatic nitrogens is 1. The number of hydrogen-bond donors (Lipinski definition) is 2.